The number of rotatable bonds is 6. The second-order valence-corrected chi connectivity index (χ2v) is 6.22. The number of thioether (sulfide) groups is 1. The fourth-order valence-electron chi connectivity index (χ4n) is 2.55. The Bertz CT molecular complexity index is 452. The maximum atomic E-state index is 12.3. The normalized spacial score (nSPS) is 21.7. The summed E-state index contributed by atoms with van der Waals surface area (Å²) in [6.45, 7) is 2.97. The Morgan fingerprint density at radius 2 is 2.35 bits per heavy atom. The highest BCUT2D eigenvalue weighted by Gasteiger charge is 2.27. The zero-order valence-electron chi connectivity index (χ0n) is 12.2. The molecule has 20 heavy (non-hydrogen) atoms. The lowest BCUT2D eigenvalue weighted by molar-refractivity contribution is 0.0938. The molecule has 1 fully saturated rings. The lowest BCUT2D eigenvalue weighted by Gasteiger charge is -2.19. The van der Waals surface area contributed by atoms with Crippen LogP contribution in [0.1, 0.15) is 43.0 Å². The Hall–Kier alpha value is -1.23. The molecule has 1 amide bonds. The average Bonchev–Trinajstić information content (AvgIpc) is 2.92. The molecule has 0 saturated heterocycles. The minimum atomic E-state index is 0.0119. The van der Waals surface area contributed by atoms with Crippen molar-refractivity contribution >= 4 is 23.5 Å². The SMILES string of the molecule is CCCNc1cc(C(=O)NC2CCCC2SC)ccn1. The smallest absolute Gasteiger partial charge is 0.251 e. The van der Waals surface area contributed by atoms with Gasteiger partial charge in [0, 0.05) is 29.6 Å². The molecule has 0 aromatic carbocycles. The maximum Gasteiger partial charge on any atom is 0.251 e. The molecule has 1 aliphatic rings. The number of carbonyl (C=O) groups is 1. The van der Waals surface area contributed by atoms with E-state index in [1.807, 2.05) is 17.8 Å². The van der Waals surface area contributed by atoms with Crippen LogP contribution in [0.15, 0.2) is 18.3 Å². The van der Waals surface area contributed by atoms with Crippen LogP contribution in [0.5, 0.6) is 0 Å². The van der Waals surface area contributed by atoms with Gasteiger partial charge in [0.25, 0.3) is 5.91 Å². The predicted octanol–water partition coefficient (Wildman–Crippen LogP) is 2.92. The van der Waals surface area contributed by atoms with Crippen molar-refractivity contribution in [1.29, 1.82) is 0 Å². The van der Waals surface area contributed by atoms with E-state index < -0.39 is 0 Å². The van der Waals surface area contributed by atoms with Crippen LogP contribution in [0.25, 0.3) is 0 Å². The van der Waals surface area contributed by atoms with Crippen LogP contribution in [0.4, 0.5) is 5.82 Å². The van der Waals surface area contributed by atoms with Crippen LogP contribution < -0.4 is 10.6 Å². The molecule has 0 spiro atoms. The van der Waals surface area contributed by atoms with E-state index in [4.69, 9.17) is 0 Å². The Kier molecular flexibility index (Phi) is 5.71. The predicted molar refractivity (Wildman–Crippen MR) is 85.4 cm³/mol. The van der Waals surface area contributed by atoms with Gasteiger partial charge in [0.1, 0.15) is 5.82 Å². The Labute approximate surface area is 125 Å². The molecule has 2 unspecified atom stereocenters. The van der Waals surface area contributed by atoms with Crippen molar-refractivity contribution in [3.63, 3.8) is 0 Å². The van der Waals surface area contributed by atoms with Gasteiger partial charge in [-0.25, -0.2) is 4.98 Å². The number of nitrogens with zero attached hydrogens (tertiary/aromatic N) is 1. The van der Waals surface area contributed by atoms with E-state index in [1.54, 1.807) is 12.3 Å². The first-order chi connectivity index (χ1) is 9.74. The molecular formula is C15H23N3OS. The van der Waals surface area contributed by atoms with Crippen molar-refractivity contribution in [3.05, 3.63) is 23.9 Å². The molecule has 2 atom stereocenters. The summed E-state index contributed by atoms with van der Waals surface area (Å²) in [6.07, 6.45) is 8.34. The molecule has 4 nitrogen and oxygen atoms in total. The summed E-state index contributed by atoms with van der Waals surface area (Å²) in [7, 11) is 0. The van der Waals surface area contributed by atoms with Crippen LogP contribution in [0.3, 0.4) is 0 Å². The number of aromatic nitrogens is 1. The summed E-state index contributed by atoms with van der Waals surface area (Å²) in [5.41, 5.74) is 0.686. The number of anilines is 1. The second kappa shape index (κ2) is 7.53. The van der Waals surface area contributed by atoms with E-state index in [9.17, 15) is 4.79 Å². The number of nitrogens with one attached hydrogen (secondary N) is 2. The standard InChI is InChI=1S/C15H23N3OS/c1-3-8-16-14-10-11(7-9-17-14)15(19)18-12-5-4-6-13(12)20-2/h7,9-10,12-13H,3-6,8H2,1-2H3,(H,16,17)(H,18,19). The topological polar surface area (TPSA) is 54.0 Å². The first-order valence-corrected chi connectivity index (χ1v) is 8.57. The van der Waals surface area contributed by atoms with E-state index in [0.717, 1.165) is 25.2 Å². The van der Waals surface area contributed by atoms with E-state index in [0.29, 0.717) is 16.9 Å². The number of carbonyl (C=O) groups excluding carboxylic acids is 1. The van der Waals surface area contributed by atoms with Gasteiger partial charge in [-0.05, 0) is 37.7 Å². The number of pyridine rings is 1. The van der Waals surface area contributed by atoms with Gasteiger partial charge < -0.3 is 10.6 Å². The molecule has 110 valence electrons. The third kappa shape index (κ3) is 3.88. The number of amides is 1. The highest BCUT2D eigenvalue weighted by atomic mass is 32.2. The molecule has 0 bridgehead atoms. The van der Waals surface area contributed by atoms with Gasteiger partial charge in [0.05, 0.1) is 0 Å². The molecule has 2 rings (SSSR count). The molecule has 1 saturated carbocycles. The molecular weight excluding hydrogens is 270 g/mol. The van der Waals surface area contributed by atoms with Crippen LogP contribution in [0, 0.1) is 0 Å². The molecule has 1 aromatic heterocycles. The van der Waals surface area contributed by atoms with Gasteiger partial charge in [-0.1, -0.05) is 13.3 Å². The molecule has 1 aliphatic carbocycles. The Morgan fingerprint density at radius 1 is 1.50 bits per heavy atom. The van der Waals surface area contributed by atoms with Crippen LogP contribution in [0.2, 0.25) is 0 Å². The summed E-state index contributed by atoms with van der Waals surface area (Å²) < 4.78 is 0. The van der Waals surface area contributed by atoms with Crippen LogP contribution in [-0.2, 0) is 0 Å². The van der Waals surface area contributed by atoms with Crippen molar-refractivity contribution < 1.29 is 4.79 Å². The maximum absolute atomic E-state index is 12.3. The monoisotopic (exact) mass is 293 g/mol. The zero-order chi connectivity index (χ0) is 14.4. The third-order valence-electron chi connectivity index (χ3n) is 3.65. The van der Waals surface area contributed by atoms with Gasteiger partial charge >= 0.3 is 0 Å². The molecule has 0 radical (unpaired) electrons. The number of hydrogen-bond donors (Lipinski definition) is 2. The van der Waals surface area contributed by atoms with Crippen LogP contribution in [-0.4, -0.2) is 35.0 Å². The zero-order valence-corrected chi connectivity index (χ0v) is 13.0. The van der Waals surface area contributed by atoms with Gasteiger partial charge in [-0.2, -0.15) is 11.8 Å². The van der Waals surface area contributed by atoms with Crippen LogP contribution >= 0.6 is 11.8 Å². The van der Waals surface area contributed by atoms with Crippen molar-refractivity contribution in [1.82, 2.24) is 10.3 Å². The van der Waals surface area contributed by atoms with Gasteiger partial charge in [-0.15, -0.1) is 0 Å². The highest BCUT2D eigenvalue weighted by Crippen LogP contribution is 2.28. The molecule has 5 heteroatoms. The Balaban J connectivity index is 1.98. The summed E-state index contributed by atoms with van der Waals surface area (Å²) in [4.78, 5) is 16.5. The molecule has 2 N–H and O–H groups in total. The van der Waals surface area contributed by atoms with Crippen molar-refractivity contribution in [2.24, 2.45) is 0 Å². The molecule has 1 heterocycles. The first-order valence-electron chi connectivity index (χ1n) is 7.28. The van der Waals surface area contributed by atoms with E-state index >= 15 is 0 Å². The van der Waals surface area contributed by atoms with Gasteiger partial charge in [-0.3, -0.25) is 4.79 Å². The van der Waals surface area contributed by atoms with Crippen molar-refractivity contribution in [2.45, 2.75) is 43.9 Å². The third-order valence-corrected chi connectivity index (χ3v) is 4.82. The highest BCUT2D eigenvalue weighted by molar-refractivity contribution is 7.99. The summed E-state index contributed by atoms with van der Waals surface area (Å²) in [5.74, 6) is 0.783. The Morgan fingerprint density at radius 3 is 3.10 bits per heavy atom. The number of hydrogen-bond acceptors (Lipinski definition) is 4. The molecule has 0 aliphatic heterocycles. The second-order valence-electron chi connectivity index (χ2n) is 5.14. The van der Waals surface area contributed by atoms with Gasteiger partial charge in [0.2, 0.25) is 0 Å². The fraction of sp³-hybridized carbons (Fsp3) is 0.600. The average molecular weight is 293 g/mol. The minimum Gasteiger partial charge on any atom is -0.370 e. The van der Waals surface area contributed by atoms with Gasteiger partial charge in [0.15, 0.2) is 0 Å². The summed E-state index contributed by atoms with van der Waals surface area (Å²) in [5, 5.41) is 6.93. The quantitative estimate of drug-likeness (QED) is 0.847. The van der Waals surface area contributed by atoms with E-state index in [-0.39, 0.29) is 5.91 Å². The van der Waals surface area contributed by atoms with Crippen molar-refractivity contribution in [3.8, 4) is 0 Å². The fourth-order valence-corrected chi connectivity index (χ4v) is 3.48. The van der Waals surface area contributed by atoms with Crippen molar-refractivity contribution in [2.75, 3.05) is 18.1 Å². The lowest BCUT2D eigenvalue weighted by atomic mass is 10.2. The minimum absolute atomic E-state index is 0.0119. The largest absolute Gasteiger partial charge is 0.370 e. The molecule has 1 aromatic rings. The summed E-state index contributed by atoms with van der Waals surface area (Å²) >= 11 is 1.85. The first kappa shape index (κ1) is 15.2. The summed E-state index contributed by atoms with van der Waals surface area (Å²) in [6, 6.07) is 3.90. The lowest BCUT2D eigenvalue weighted by Crippen LogP contribution is -2.38. The van der Waals surface area contributed by atoms with E-state index in [1.165, 1.54) is 12.8 Å². The van der Waals surface area contributed by atoms with E-state index in [2.05, 4.69) is 28.8 Å².